The third kappa shape index (κ3) is 3.64. The Kier molecular flexibility index (Phi) is 5.69. The summed E-state index contributed by atoms with van der Waals surface area (Å²) >= 11 is 0. The van der Waals surface area contributed by atoms with Crippen LogP contribution in [0.5, 0.6) is 0 Å². The minimum atomic E-state index is 0.346. The largest absolute Gasteiger partial charge is 0.313 e. The van der Waals surface area contributed by atoms with Gasteiger partial charge in [-0.05, 0) is 37.9 Å². The van der Waals surface area contributed by atoms with Crippen LogP contribution in [0.25, 0.3) is 11.0 Å². The maximum Gasteiger partial charge on any atom is 0.0934 e. The molecule has 0 saturated heterocycles. The van der Waals surface area contributed by atoms with Crippen molar-refractivity contribution >= 4 is 11.0 Å². The first-order valence-corrected chi connectivity index (χ1v) is 7.34. The van der Waals surface area contributed by atoms with Gasteiger partial charge in [0.25, 0.3) is 0 Å². The second-order valence-corrected chi connectivity index (χ2v) is 5.04. The number of unbranched alkanes of at least 4 members (excludes halogenated alkanes) is 3. The van der Waals surface area contributed by atoms with Crippen LogP contribution in [0, 0.1) is 0 Å². The molecule has 0 bridgehead atoms. The number of hydrogen-bond donors (Lipinski definition) is 1. The van der Waals surface area contributed by atoms with Crippen LogP contribution < -0.4 is 5.32 Å². The second kappa shape index (κ2) is 7.75. The lowest BCUT2D eigenvalue weighted by atomic mass is 9.98. The van der Waals surface area contributed by atoms with E-state index in [-0.39, 0.29) is 0 Å². The Morgan fingerprint density at radius 2 is 2.05 bits per heavy atom. The Balaban J connectivity index is 2.07. The molecule has 0 aliphatic heterocycles. The Hall–Kier alpha value is -1.74. The van der Waals surface area contributed by atoms with E-state index >= 15 is 0 Å². The number of hydrogen-bond acceptors (Lipinski definition) is 3. The highest BCUT2D eigenvalue weighted by atomic mass is 14.9. The van der Waals surface area contributed by atoms with E-state index in [0.717, 1.165) is 23.9 Å². The first-order valence-electron chi connectivity index (χ1n) is 7.34. The number of fused-ring (bicyclic) bond motifs is 1. The fourth-order valence-electron chi connectivity index (χ4n) is 2.57. The zero-order chi connectivity index (χ0) is 14.2. The fourth-order valence-corrected chi connectivity index (χ4v) is 2.57. The van der Waals surface area contributed by atoms with Gasteiger partial charge >= 0.3 is 0 Å². The van der Waals surface area contributed by atoms with E-state index < -0.39 is 0 Å². The van der Waals surface area contributed by atoms with Crippen molar-refractivity contribution in [2.75, 3.05) is 7.05 Å². The second-order valence-electron chi connectivity index (χ2n) is 5.04. The first kappa shape index (κ1) is 14.7. The van der Waals surface area contributed by atoms with Crippen molar-refractivity contribution in [3.05, 3.63) is 48.8 Å². The van der Waals surface area contributed by atoms with Gasteiger partial charge in [0.15, 0.2) is 0 Å². The first-order chi connectivity index (χ1) is 9.86. The molecule has 0 aliphatic carbocycles. The SMILES string of the molecule is C=CCCCCCC(NC)c1cccc2nccnc12. The lowest BCUT2D eigenvalue weighted by Crippen LogP contribution is -2.17. The van der Waals surface area contributed by atoms with Crippen molar-refractivity contribution in [2.45, 2.75) is 38.1 Å². The number of nitrogens with zero attached hydrogens (tertiary/aromatic N) is 2. The standard InChI is InChI=1S/C17H23N3/c1-3-4-5-6-7-10-15(18-2)14-9-8-11-16-17(14)20-13-12-19-16/h3,8-9,11-13,15,18H,1,4-7,10H2,2H3. The normalized spacial score (nSPS) is 12.4. The summed E-state index contributed by atoms with van der Waals surface area (Å²) in [6.45, 7) is 3.76. The lowest BCUT2D eigenvalue weighted by molar-refractivity contribution is 0.510. The fraction of sp³-hybridized carbons (Fsp3) is 0.412. The number of benzene rings is 1. The topological polar surface area (TPSA) is 37.8 Å². The molecule has 3 heteroatoms. The van der Waals surface area contributed by atoms with E-state index in [1.165, 1.54) is 24.8 Å². The van der Waals surface area contributed by atoms with Gasteiger partial charge in [-0.1, -0.05) is 31.1 Å². The maximum absolute atomic E-state index is 4.49. The van der Waals surface area contributed by atoms with Gasteiger partial charge in [-0.3, -0.25) is 9.97 Å². The molecular weight excluding hydrogens is 246 g/mol. The Morgan fingerprint density at radius 3 is 2.85 bits per heavy atom. The summed E-state index contributed by atoms with van der Waals surface area (Å²) in [4.78, 5) is 8.87. The summed E-state index contributed by atoms with van der Waals surface area (Å²) in [6.07, 6.45) is 11.5. The predicted octanol–water partition coefficient (Wildman–Crippen LogP) is 4.03. The van der Waals surface area contributed by atoms with Crippen molar-refractivity contribution in [1.29, 1.82) is 0 Å². The predicted molar refractivity (Wildman–Crippen MR) is 84.6 cm³/mol. The third-order valence-corrected chi connectivity index (χ3v) is 3.65. The summed E-state index contributed by atoms with van der Waals surface area (Å²) in [5.74, 6) is 0. The molecule has 20 heavy (non-hydrogen) atoms. The highest BCUT2D eigenvalue weighted by Crippen LogP contribution is 2.25. The van der Waals surface area contributed by atoms with Crippen molar-refractivity contribution in [2.24, 2.45) is 0 Å². The van der Waals surface area contributed by atoms with Gasteiger partial charge < -0.3 is 5.32 Å². The molecule has 1 N–H and O–H groups in total. The zero-order valence-corrected chi connectivity index (χ0v) is 12.2. The quantitative estimate of drug-likeness (QED) is 0.581. The minimum absolute atomic E-state index is 0.346. The zero-order valence-electron chi connectivity index (χ0n) is 12.2. The van der Waals surface area contributed by atoms with Crippen LogP contribution in [0.4, 0.5) is 0 Å². The smallest absolute Gasteiger partial charge is 0.0934 e. The average molecular weight is 269 g/mol. The average Bonchev–Trinajstić information content (AvgIpc) is 2.51. The summed E-state index contributed by atoms with van der Waals surface area (Å²) in [6, 6.07) is 6.58. The molecular formula is C17H23N3. The summed E-state index contributed by atoms with van der Waals surface area (Å²) < 4.78 is 0. The molecule has 2 aromatic rings. The van der Waals surface area contributed by atoms with Gasteiger partial charge in [-0.15, -0.1) is 6.58 Å². The molecule has 0 aliphatic rings. The van der Waals surface area contributed by atoms with Gasteiger partial charge in [0, 0.05) is 18.4 Å². The monoisotopic (exact) mass is 269 g/mol. The summed E-state index contributed by atoms with van der Waals surface area (Å²) in [5.41, 5.74) is 3.24. The number of rotatable bonds is 8. The van der Waals surface area contributed by atoms with Crippen molar-refractivity contribution in [1.82, 2.24) is 15.3 Å². The minimum Gasteiger partial charge on any atom is -0.313 e. The van der Waals surface area contributed by atoms with Crippen LogP contribution in [0.2, 0.25) is 0 Å². The lowest BCUT2D eigenvalue weighted by Gasteiger charge is -2.17. The van der Waals surface area contributed by atoms with Crippen molar-refractivity contribution in [3.8, 4) is 0 Å². The van der Waals surface area contributed by atoms with Gasteiger partial charge in [0.1, 0.15) is 0 Å². The van der Waals surface area contributed by atoms with Crippen molar-refractivity contribution < 1.29 is 0 Å². The van der Waals surface area contributed by atoms with E-state index in [9.17, 15) is 0 Å². The Labute approximate surface area is 121 Å². The van der Waals surface area contributed by atoms with E-state index in [4.69, 9.17) is 0 Å². The van der Waals surface area contributed by atoms with E-state index in [1.54, 1.807) is 12.4 Å². The summed E-state index contributed by atoms with van der Waals surface area (Å²) in [5, 5.41) is 3.41. The molecule has 0 spiro atoms. The van der Waals surface area contributed by atoms with Crippen LogP contribution >= 0.6 is 0 Å². The molecule has 0 amide bonds. The highest BCUT2D eigenvalue weighted by Gasteiger charge is 2.13. The Bertz CT molecular complexity index is 545. The molecule has 1 atom stereocenters. The van der Waals surface area contributed by atoms with Crippen LogP contribution in [0.1, 0.15) is 43.7 Å². The molecule has 1 unspecified atom stereocenters. The van der Waals surface area contributed by atoms with Crippen LogP contribution in [0.15, 0.2) is 43.2 Å². The van der Waals surface area contributed by atoms with E-state index in [0.29, 0.717) is 6.04 Å². The van der Waals surface area contributed by atoms with Crippen molar-refractivity contribution in [3.63, 3.8) is 0 Å². The number of para-hydroxylation sites is 1. The molecule has 3 nitrogen and oxygen atoms in total. The van der Waals surface area contributed by atoms with Gasteiger partial charge in [-0.25, -0.2) is 0 Å². The highest BCUT2D eigenvalue weighted by molar-refractivity contribution is 5.78. The molecule has 106 valence electrons. The van der Waals surface area contributed by atoms with Crippen LogP contribution in [0.3, 0.4) is 0 Å². The van der Waals surface area contributed by atoms with Gasteiger partial charge in [0.2, 0.25) is 0 Å². The molecule has 1 aromatic heterocycles. The molecule has 2 rings (SSSR count). The molecule has 1 heterocycles. The van der Waals surface area contributed by atoms with E-state index in [1.807, 2.05) is 19.2 Å². The molecule has 0 radical (unpaired) electrons. The van der Waals surface area contributed by atoms with Gasteiger partial charge in [-0.2, -0.15) is 0 Å². The molecule has 0 fully saturated rings. The number of allylic oxidation sites excluding steroid dienone is 1. The summed E-state index contributed by atoms with van der Waals surface area (Å²) in [7, 11) is 2.02. The van der Waals surface area contributed by atoms with Gasteiger partial charge in [0.05, 0.1) is 11.0 Å². The number of nitrogens with one attached hydrogen (secondary N) is 1. The van der Waals surface area contributed by atoms with Crippen LogP contribution in [-0.4, -0.2) is 17.0 Å². The number of aromatic nitrogens is 2. The van der Waals surface area contributed by atoms with E-state index in [2.05, 4.69) is 34.0 Å². The third-order valence-electron chi connectivity index (χ3n) is 3.65. The molecule has 0 saturated carbocycles. The molecule has 1 aromatic carbocycles. The maximum atomic E-state index is 4.49. The Morgan fingerprint density at radius 1 is 1.20 bits per heavy atom. The van der Waals surface area contributed by atoms with Crippen LogP contribution in [-0.2, 0) is 0 Å².